The van der Waals surface area contributed by atoms with Crippen molar-refractivity contribution in [2.45, 2.75) is 12.8 Å². The first kappa shape index (κ1) is 22.6. The molecule has 0 spiro atoms. The maximum Gasteiger partial charge on any atom is 0.524 e. The molecule has 0 aliphatic heterocycles. The van der Waals surface area contributed by atoms with E-state index in [1.54, 1.807) is 0 Å². The second-order valence-electron chi connectivity index (χ2n) is 6.23. The average Bonchev–Trinajstić information content (AvgIpc) is 3.32. The van der Waals surface area contributed by atoms with E-state index >= 15 is 0 Å². The summed E-state index contributed by atoms with van der Waals surface area (Å²) >= 11 is 0. The molecular formula is C16H12N3O12P. The molecule has 0 unspecified atom stereocenters. The van der Waals surface area contributed by atoms with Gasteiger partial charge in [-0.1, -0.05) is 0 Å². The van der Waals surface area contributed by atoms with Crippen LogP contribution in [0, 0.1) is 30.3 Å². The van der Waals surface area contributed by atoms with Crippen LogP contribution in [-0.4, -0.2) is 24.6 Å². The smallest absolute Gasteiger partial charge is 0.405 e. The lowest BCUT2D eigenvalue weighted by Gasteiger charge is -2.15. The first-order valence-electron chi connectivity index (χ1n) is 8.45. The summed E-state index contributed by atoms with van der Waals surface area (Å²) in [5.74, 6) is -1.79. The third-order valence-corrected chi connectivity index (χ3v) is 4.57. The highest BCUT2D eigenvalue weighted by Crippen LogP contribution is 2.43. The van der Waals surface area contributed by atoms with E-state index in [1.165, 1.54) is 12.1 Å². The van der Waals surface area contributed by atoms with Gasteiger partial charge in [-0.3, -0.25) is 40.1 Å². The molecule has 15 nitrogen and oxygen atoms in total. The average molecular weight is 469 g/mol. The van der Waals surface area contributed by atoms with Gasteiger partial charge < -0.3 is 13.4 Å². The number of nitro groups is 3. The van der Waals surface area contributed by atoms with Crippen LogP contribution in [0.25, 0.3) is 0 Å². The monoisotopic (exact) mass is 469 g/mol. The summed E-state index contributed by atoms with van der Waals surface area (Å²) in [5.41, 5.74) is -0.784. The first-order chi connectivity index (χ1) is 14.9. The second kappa shape index (κ2) is 8.58. The van der Waals surface area contributed by atoms with Gasteiger partial charge in [-0.2, -0.15) is 0 Å². The van der Waals surface area contributed by atoms with Crippen LogP contribution in [0.15, 0.2) is 45.2 Å². The van der Waals surface area contributed by atoms with Gasteiger partial charge in [0.25, 0.3) is 5.69 Å². The van der Waals surface area contributed by atoms with E-state index in [4.69, 9.17) is 8.83 Å². The summed E-state index contributed by atoms with van der Waals surface area (Å²) in [6.45, 7) is 0. The molecule has 0 bridgehead atoms. The fourth-order valence-corrected chi connectivity index (χ4v) is 3.33. The number of nitrogens with zero attached hydrogens (tertiary/aromatic N) is 3. The van der Waals surface area contributed by atoms with E-state index in [1.807, 2.05) is 0 Å². The van der Waals surface area contributed by atoms with Crippen LogP contribution in [-0.2, 0) is 17.4 Å². The Hall–Kier alpha value is -4.07. The lowest BCUT2D eigenvalue weighted by molar-refractivity contribution is -0.402. The number of hydrogen-bond donors (Lipinski definition) is 2. The number of nitro benzene ring substituents is 1. The molecule has 0 atom stereocenters. The van der Waals surface area contributed by atoms with Gasteiger partial charge in [0.2, 0.25) is 0 Å². The van der Waals surface area contributed by atoms with Gasteiger partial charge in [0.15, 0.2) is 0 Å². The minimum absolute atomic E-state index is 0.0557. The molecule has 0 radical (unpaired) electrons. The van der Waals surface area contributed by atoms with Crippen molar-refractivity contribution < 1.29 is 42.5 Å². The minimum atomic E-state index is -5.10. The van der Waals surface area contributed by atoms with Crippen LogP contribution in [0.1, 0.15) is 22.6 Å². The van der Waals surface area contributed by atoms with Crippen molar-refractivity contribution in [2.24, 2.45) is 0 Å². The molecule has 2 aromatic heterocycles. The second-order valence-corrected chi connectivity index (χ2v) is 7.39. The van der Waals surface area contributed by atoms with Crippen LogP contribution < -0.4 is 4.52 Å². The fraction of sp³-hybridized carbons (Fsp3) is 0.125. The minimum Gasteiger partial charge on any atom is -0.405 e. The third kappa shape index (κ3) is 5.15. The molecule has 0 aliphatic rings. The van der Waals surface area contributed by atoms with Crippen LogP contribution in [0.3, 0.4) is 0 Å². The highest BCUT2D eigenvalue weighted by Gasteiger charge is 2.28. The molecule has 0 saturated heterocycles. The van der Waals surface area contributed by atoms with E-state index in [-0.39, 0.29) is 35.5 Å². The zero-order valence-corrected chi connectivity index (χ0v) is 16.5. The number of benzene rings is 1. The number of rotatable bonds is 9. The maximum atomic E-state index is 11.6. The van der Waals surface area contributed by atoms with Crippen LogP contribution in [0.2, 0.25) is 0 Å². The molecule has 2 heterocycles. The van der Waals surface area contributed by atoms with E-state index in [0.29, 0.717) is 0 Å². The summed E-state index contributed by atoms with van der Waals surface area (Å²) in [7, 11) is -5.10. The summed E-state index contributed by atoms with van der Waals surface area (Å²) in [4.78, 5) is 49.3. The zero-order chi connectivity index (χ0) is 23.6. The van der Waals surface area contributed by atoms with Gasteiger partial charge in [0.1, 0.15) is 27.1 Å². The van der Waals surface area contributed by atoms with E-state index in [2.05, 4.69) is 4.52 Å². The molecule has 0 aliphatic carbocycles. The van der Waals surface area contributed by atoms with Crippen molar-refractivity contribution in [1.29, 1.82) is 0 Å². The lowest BCUT2D eigenvalue weighted by Crippen LogP contribution is -2.05. The third-order valence-electron chi connectivity index (χ3n) is 4.13. The van der Waals surface area contributed by atoms with Crippen molar-refractivity contribution in [3.05, 3.63) is 89.4 Å². The van der Waals surface area contributed by atoms with Crippen molar-refractivity contribution in [3.8, 4) is 5.75 Å². The van der Waals surface area contributed by atoms with Crippen molar-refractivity contribution in [2.75, 3.05) is 0 Å². The summed E-state index contributed by atoms with van der Waals surface area (Å²) < 4.78 is 26.1. The van der Waals surface area contributed by atoms with Crippen molar-refractivity contribution in [3.63, 3.8) is 0 Å². The molecule has 168 valence electrons. The predicted octanol–water partition coefficient (Wildman–Crippen LogP) is 3.25. The molecule has 2 N–H and O–H groups in total. The Morgan fingerprint density at radius 3 is 1.69 bits per heavy atom. The number of phosphoric acid groups is 1. The Balaban J connectivity index is 2.15. The van der Waals surface area contributed by atoms with Gasteiger partial charge >= 0.3 is 19.6 Å². The summed E-state index contributed by atoms with van der Waals surface area (Å²) in [6, 6.07) is 6.38. The highest BCUT2D eigenvalue weighted by atomic mass is 31.2. The number of hydrogen-bond acceptors (Lipinski definition) is 10. The quantitative estimate of drug-likeness (QED) is 0.262. The van der Waals surface area contributed by atoms with E-state index in [9.17, 15) is 44.7 Å². The standard InChI is InChI=1S/C16H12N3O12P/c20-17(21)13-3-4-14(31-32(26,27)28)12(8-10-2-6-16(30-10)19(24)25)11(13)7-9-1-5-15(29-9)18(22)23/h1-6H,7-8H2,(H2,26,27,28). The molecule has 16 heteroatoms. The zero-order valence-electron chi connectivity index (χ0n) is 15.6. The largest absolute Gasteiger partial charge is 0.524 e. The topological polar surface area (TPSA) is 222 Å². The van der Waals surface area contributed by atoms with Gasteiger partial charge in [-0.15, -0.1) is 0 Å². The van der Waals surface area contributed by atoms with Crippen molar-refractivity contribution in [1.82, 2.24) is 0 Å². The molecule has 32 heavy (non-hydrogen) atoms. The van der Waals surface area contributed by atoms with E-state index < -0.39 is 45.8 Å². The van der Waals surface area contributed by atoms with Crippen LogP contribution >= 0.6 is 7.82 Å². The van der Waals surface area contributed by atoms with Gasteiger partial charge in [0.05, 0.1) is 17.1 Å². The van der Waals surface area contributed by atoms with Crippen LogP contribution in [0.5, 0.6) is 5.75 Å². The SMILES string of the molecule is O=[N+]([O-])c1ccc(Cc2c(OP(=O)(O)O)ccc([N+](=O)[O-])c2Cc2ccc([N+](=O)[O-])o2)o1. The summed E-state index contributed by atoms with van der Waals surface area (Å²) in [6.07, 6.45) is -0.774. The van der Waals surface area contributed by atoms with E-state index in [0.717, 1.165) is 24.3 Å². The first-order valence-corrected chi connectivity index (χ1v) is 9.98. The van der Waals surface area contributed by atoms with Gasteiger partial charge in [-0.05, 0) is 18.2 Å². The molecule has 3 aromatic rings. The maximum absolute atomic E-state index is 11.6. The number of phosphoric ester groups is 1. The molecule has 1 aromatic carbocycles. The normalized spacial score (nSPS) is 11.3. The fourth-order valence-electron chi connectivity index (χ4n) is 2.90. The Morgan fingerprint density at radius 2 is 1.28 bits per heavy atom. The predicted molar refractivity (Wildman–Crippen MR) is 102 cm³/mol. The molecule has 0 saturated carbocycles. The Morgan fingerprint density at radius 1 is 0.781 bits per heavy atom. The Kier molecular flexibility index (Phi) is 6.06. The van der Waals surface area contributed by atoms with Gasteiger partial charge in [0, 0.05) is 30.0 Å². The van der Waals surface area contributed by atoms with Crippen molar-refractivity contribution >= 4 is 25.3 Å². The number of furan rings is 2. The highest BCUT2D eigenvalue weighted by molar-refractivity contribution is 7.46. The molecule has 0 amide bonds. The molecular weight excluding hydrogens is 457 g/mol. The Labute approximate surface area is 176 Å². The Bertz CT molecular complexity index is 1260. The van der Waals surface area contributed by atoms with Gasteiger partial charge in [-0.25, -0.2) is 4.57 Å². The molecule has 3 rings (SSSR count). The molecule has 0 fully saturated rings. The lowest BCUT2D eigenvalue weighted by atomic mass is 9.96. The van der Waals surface area contributed by atoms with Crippen LogP contribution in [0.4, 0.5) is 17.5 Å². The summed E-state index contributed by atoms with van der Waals surface area (Å²) in [5, 5.41) is 33.3.